The lowest BCUT2D eigenvalue weighted by atomic mass is 10.1. The number of aromatic carboxylic acids is 1. The predicted molar refractivity (Wildman–Crippen MR) is 65.5 cm³/mol. The van der Waals surface area contributed by atoms with E-state index in [1.54, 1.807) is 12.1 Å². The van der Waals surface area contributed by atoms with Crippen molar-refractivity contribution in [1.82, 2.24) is 10.1 Å². The van der Waals surface area contributed by atoms with Crippen molar-refractivity contribution in [2.45, 2.75) is 6.92 Å². The van der Waals surface area contributed by atoms with Gasteiger partial charge in [-0.05, 0) is 25.1 Å². The molecule has 0 aliphatic rings. The number of halogens is 1. The van der Waals surface area contributed by atoms with Gasteiger partial charge in [-0.3, -0.25) is 0 Å². The lowest BCUT2D eigenvalue weighted by Crippen LogP contribution is -1.94. The maximum atomic E-state index is 14.3. The molecule has 0 amide bonds. The number of aromatic amines is 1. The highest BCUT2D eigenvalue weighted by Gasteiger charge is 2.17. The van der Waals surface area contributed by atoms with Crippen LogP contribution in [-0.2, 0) is 0 Å². The van der Waals surface area contributed by atoms with E-state index < -0.39 is 11.8 Å². The number of hydrogen-bond donors (Lipinski definition) is 2. The minimum atomic E-state index is -1.21. The summed E-state index contributed by atoms with van der Waals surface area (Å²) in [4.78, 5) is 13.7. The minimum absolute atomic E-state index is 0.0932. The van der Waals surface area contributed by atoms with Gasteiger partial charge < -0.3 is 14.6 Å². The summed E-state index contributed by atoms with van der Waals surface area (Å²) in [5.74, 6) is -1.58. The molecule has 0 bridgehead atoms. The van der Waals surface area contributed by atoms with E-state index in [1.807, 2.05) is 6.92 Å². The van der Waals surface area contributed by atoms with Gasteiger partial charge in [0.15, 0.2) is 11.5 Å². The number of carboxylic acids is 1. The lowest BCUT2D eigenvalue weighted by Gasteiger charge is -1.99. The summed E-state index contributed by atoms with van der Waals surface area (Å²) in [6.07, 6.45) is 0. The van der Waals surface area contributed by atoms with Crippen molar-refractivity contribution < 1.29 is 18.8 Å². The number of hydrogen-bond acceptors (Lipinski definition) is 3. The third-order valence-corrected chi connectivity index (χ3v) is 2.87. The highest BCUT2D eigenvalue weighted by molar-refractivity contribution is 5.89. The predicted octanol–water partition coefficient (Wildman–Crippen LogP) is 2.97. The van der Waals surface area contributed by atoms with Crippen LogP contribution in [0.2, 0.25) is 0 Å². The van der Waals surface area contributed by atoms with Crippen LogP contribution in [0.5, 0.6) is 0 Å². The molecule has 0 aliphatic heterocycles. The van der Waals surface area contributed by atoms with E-state index in [-0.39, 0.29) is 17.0 Å². The van der Waals surface area contributed by atoms with Gasteiger partial charge >= 0.3 is 5.97 Å². The van der Waals surface area contributed by atoms with Gasteiger partial charge in [0, 0.05) is 22.7 Å². The molecule has 0 aliphatic carbocycles. The normalized spacial score (nSPS) is 11.1. The fraction of sp³-hybridized carbons (Fsp3) is 0.0769. The number of nitrogens with one attached hydrogen (secondary N) is 1. The number of fused-ring (bicyclic) bond motifs is 1. The first kappa shape index (κ1) is 11.5. The number of aryl methyl sites for hydroxylation is 1. The van der Waals surface area contributed by atoms with Gasteiger partial charge in [0.2, 0.25) is 0 Å². The number of nitrogens with zero attached hydrogens (tertiary/aromatic N) is 1. The molecule has 96 valence electrons. The molecule has 0 atom stereocenters. The van der Waals surface area contributed by atoms with Gasteiger partial charge in [0.1, 0.15) is 5.82 Å². The molecule has 6 heteroatoms. The van der Waals surface area contributed by atoms with Gasteiger partial charge in [-0.25, -0.2) is 9.18 Å². The monoisotopic (exact) mass is 260 g/mol. The molecule has 0 saturated carbocycles. The van der Waals surface area contributed by atoms with Gasteiger partial charge in [-0.1, -0.05) is 5.16 Å². The average Bonchev–Trinajstić information content (AvgIpc) is 2.95. The quantitative estimate of drug-likeness (QED) is 0.742. The highest BCUT2D eigenvalue weighted by atomic mass is 19.1. The maximum absolute atomic E-state index is 14.3. The Morgan fingerprint density at radius 3 is 2.89 bits per heavy atom. The van der Waals surface area contributed by atoms with E-state index in [1.165, 1.54) is 12.1 Å². The standard InChI is InChI=1S/C13H9FN2O3/c1-6-4-8-9(15-6)3-2-7(12(8)14)11-5-10(13(17)18)16-19-11/h2-5,15H,1H3,(H,17,18). The summed E-state index contributed by atoms with van der Waals surface area (Å²) >= 11 is 0. The van der Waals surface area contributed by atoms with Crippen LogP contribution in [0, 0.1) is 12.7 Å². The molecule has 2 aromatic heterocycles. The van der Waals surface area contributed by atoms with E-state index in [0.717, 1.165) is 5.69 Å². The second-order valence-corrected chi connectivity index (χ2v) is 4.22. The molecular weight excluding hydrogens is 251 g/mol. The van der Waals surface area contributed by atoms with Gasteiger partial charge in [-0.15, -0.1) is 0 Å². The molecule has 0 unspecified atom stereocenters. The number of aromatic nitrogens is 2. The molecule has 0 radical (unpaired) electrons. The lowest BCUT2D eigenvalue weighted by molar-refractivity contribution is 0.0686. The Kier molecular flexibility index (Phi) is 2.38. The summed E-state index contributed by atoms with van der Waals surface area (Å²) in [6.45, 7) is 1.83. The summed E-state index contributed by atoms with van der Waals surface area (Å²) in [5.41, 5.74) is 1.46. The Morgan fingerprint density at radius 2 is 2.21 bits per heavy atom. The molecule has 1 aromatic carbocycles. The third-order valence-electron chi connectivity index (χ3n) is 2.87. The smallest absolute Gasteiger partial charge is 0.358 e. The van der Waals surface area contributed by atoms with E-state index in [9.17, 15) is 9.18 Å². The largest absolute Gasteiger partial charge is 0.476 e. The van der Waals surface area contributed by atoms with Crippen molar-refractivity contribution in [2.24, 2.45) is 0 Å². The molecule has 2 heterocycles. The minimum Gasteiger partial charge on any atom is -0.476 e. The fourth-order valence-corrected chi connectivity index (χ4v) is 2.00. The molecule has 2 N–H and O–H groups in total. The molecule has 0 spiro atoms. The van der Waals surface area contributed by atoms with Crippen LogP contribution in [0.15, 0.2) is 28.8 Å². The van der Waals surface area contributed by atoms with Gasteiger partial charge in [0.25, 0.3) is 0 Å². The van der Waals surface area contributed by atoms with E-state index in [2.05, 4.69) is 10.1 Å². The van der Waals surface area contributed by atoms with Crippen molar-refractivity contribution >= 4 is 16.9 Å². The van der Waals surface area contributed by atoms with Crippen molar-refractivity contribution in [3.8, 4) is 11.3 Å². The molecule has 0 fully saturated rings. The van der Waals surface area contributed by atoms with Crippen LogP contribution in [0.4, 0.5) is 4.39 Å². The summed E-state index contributed by atoms with van der Waals surface area (Å²) in [5, 5.41) is 12.6. The number of carbonyl (C=O) groups is 1. The van der Waals surface area contributed by atoms with Crippen LogP contribution < -0.4 is 0 Å². The van der Waals surface area contributed by atoms with Gasteiger partial charge in [0.05, 0.1) is 5.56 Å². The zero-order chi connectivity index (χ0) is 13.6. The first-order valence-electron chi connectivity index (χ1n) is 5.54. The fourth-order valence-electron chi connectivity index (χ4n) is 2.00. The second kappa shape index (κ2) is 3.94. The number of H-pyrrole nitrogens is 1. The van der Waals surface area contributed by atoms with E-state index in [0.29, 0.717) is 10.9 Å². The topological polar surface area (TPSA) is 79.1 Å². The van der Waals surface area contributed by atoms with Crippen LogP contribution >= 0.6 is 0 Å². The molecule has 3 rings (SSSR count). The van der Waals surface area contributed by atoms with Crippen LogP contribution in [0.3, 0.4) is 0 Å². The number of carboxylic acid groups (broad SMARTS) is 1. The number of rotatable bonds is 2. The van der Waals surface area contributed by atoms with Crippen molar-refractivity contribution in [3.63, 3.8) is 0 Å². The van der Waals surface area contributed by atoms with Crippen LogP contribution in [0.25, 0.3) is 22.2 Å². The maximum Gasteiger partial charge on any atom is 0.358 e. The molecule has 5 nitrogen and oxygen atoms in total. The zero-order valence-corrected chi connectivity index (χ0v) is 9.90. The SMILES string of the molecule is Cc1cc2c(F)c(-c3cc(C(=O)O)no3)ccc2[nH]1. The van der Waals surface area contributed by atoms with Gasteiger partial charge in [-0.2, -0.15) is 0 Å². The summed E-state index contributed by atoms with van der Waals surface area (Å²) < 4.78 is 19.2. The Labute approximate surface area is 106 Å². The Bertz CT molecular complexity index is 788. The summed E-state index contributed by atoms with van der Waals surface area (Å²) in [7, 11) is 0. The van der Waals surface area contributed by atoms with Crippen molar-refractivity contribution in [3.05, 3.63) is 41.5 Å². The highest BCUT2D eigenvalue weighted by Crippen LogP contribution is 2.29. The first-order valence-corrected chi connectivity index (χ1v) is 5.54. The number of benzene rings is 1. The summed E-state index contributed by atoms with van der Waals surface area (Å²) in [6, 6.07) is 6.12. The molecule has 0 saturated heterocycles. The Hall–Kier alpha value is -2.63. The molecule has 3 aromatic rings. The Morgan fingerprint density at radius 1 is 1.42 bits per heavy atom. The van der Waals surface area contributed by atoms with E-state index in [4.69, 9.17) is 9.63 Å². The van der Waals surface area contributed by atoms with E-state index >= 15 is 0 Å². The Balaban J connectivity index is 2.18. The zero-order valence-electron chi connectivity index (χ0n) is 9.90. The molecular formula is C13H9FN2O3. The van der Waals surface area contributed by atoms with Crippen LogP contribution in [0.1, 0.15) is 16.2 Å². The second-order valence-electron chi connectivity index (χ2n) is 4.22. The first-order chi connectivity index (χ1) is 9.06. The average molecular weight is 260 g/mol. The van der Waals surface area contributed by atoms with Crippen molar-refractivity contribution in [2.75, 3.05) is 0 Å². The molecule has 19 heavy (non-hydrogen) atoms. The third kappa shape index (κ3) is 1.77. The van der Waals surface area contributed by atoms with Crippen LogP contribution in [-0.4, -0.2) is 21.2 Å². The van der Waals surface area contributed by atoms with Crippen molar-refractivity contribution in [1.29, 1.82) is 0 Å².